The van der Waals surface area contributed by atoms with Gasteiger partial charge in [-0.1, -0.05) is 12.1 Å². The van der Waals surface area contributed by atoms with Gasteiger partial charge in [0.25, 0.3) is 0 Å². The van der Waals surface area contributed by atoms with Crippen molar-refractivity contribution in [2.45, 2.75) is 45.2 Å². The molecule has 1 unspecified atom stereocenters. The van der Waals surface area contributed by atoms with Crippen molar-refractivity contribution in [2.75, 3.05) is 12.3 Å². The fraction of sp³-hybridized carbons (Fsp3) is 0.571. The summed E-state index contributed by atoms with van der Waals surface area (Å²) in [6, 6.07) is 8.88. The van der Waals surface area contributed by atoms with Crippen LogP contribution in [0.15, 0.2) is 24.3 Å². The molecule has 0 radical (unpaired) electrons. The second-order valence-electron chi connectivity index (χ2n) is 5.69. The third-order valence-electron chi connectivity index (χ3n) is 3.41. The topological polar surface area (TPSA) is 29.3 Å². The molecule has 0 amide bonds. The van der Waals surface area contributed by atoms with Crippen LogP contribution in [0.5, 0.6) is 0 Å². The highest BCUT2D eigenvalue weighted by Crippen LogP contribution is 2.37. The van der Waals surface area contributed by atoms with E-state index < -0.39 is 0 Å². The first-order valence-electron chi connectivity index (χ1n) is 6.10. The summed E-state index contributed by atoms with van der Waals surface area (Å²) < 4.78 is 0. The molecule has 16 heavy (non-hydrogen) atoms. The van der Waals surface area contributed by atoms with Gasteiger partial charge in [0.1, 0.15) is 0 Å². The molecule has 1 aromatic carbocycles. The molecule has 1 aliphatic rings. The van der Waals surface area contributed by atoms with Crippen LogP contribution in [0.4, 0.5) is 5.69 Å². The van der Waals surface area contributed by atoms with Crippen LogP contribution in [0.25, 0.3) is 0 Å². The monoisotopic (exact) mass is 218 g/mol. The standard InChI is InChI=1S/C14H22N2/c1-14(2,3)16-9-5-8-13(16)11-6-4-7-12(15)10-11/h4,6-7,10,13H,5,8-9,15H2,1-3H3. The van der Waals surface area contributed by atoms with E-state index >= 15 is 0 Å². The summed E-state index contributed by atoms with van der Waals surface area (Å²) in [5, 5.41) is 0. The van der Waals surface area contributed by atoms with Crippen LogP contribution in [0.1, 0.15) is 45.2 Å². The lowest BCUT2D eigenvalue weighted by molar-refractivity contribution is 0.122. The van der Waals surface area contributed by atoms with Crippen molar-refractivity contribution in [1.82, 2.24) is 4.90 Å². The Labute approximate surface area is 98.4 Å². The minimum atomic E-state index is 0.242. The maximum atomic E-state index is 5.86. The lowest BCUT2D eigenvalue weighted by Crippen LogP contribution is -2.40. The first-order chi connectivity index (χ1) is 7.48. The van der Waals surface area contributed by atoms with Gasteiger partial charge in [-0.15, -0.1) is 0 Å². The molecular weight excluding hydrogens is 196 g/mol. The Kier molecular flexibility index (Phi) is 2.94. The van der Waals surface area contributed by atoms with Gasteiger partial charge >= 0.3 is 0 Å². The van der Waals surface area contributed by atoms with E-state index in [9.17, 15) is 0 Å². The smallest absolute Gasteiger partial charge is 0.0354 e. The van der Waals surface area contributed by atoms with E-state index in [1.165, 1.54) is 24.9 Å². The summed E-state index contributed by atoms with van der Waals surface area (Å²) in [5.74, 6) is 0. The minimum Gasteiger partial charge on any atom is -0.399 e. The Hall–Kier alpha value is -1.02. The number of nitrogen functional groups attached to an aromatic ring is 1. The molecule has 0 spiro atoms. The summed E-state index contributed by atoms with van der Waals surface area (Å²) in [6.45, 7) is 8.07. The van der Waals surface area contributed by atoms with Gasteiger partial charge < -0.3 is 5.73 Å². The van der Waals surface area contributed by atoms with E-state index in [-0.39, 0.29) is 5.54 Å². The Morgan fingerprint density at radius 3 is 2.69 bits per heavy atom. The maximum Gasteiger partial charge on any atom is 0.0354 e. The van der Waals surface area contributed by atoms with Gasteiger partial charge in [0.2, 0.25) is 0 Å². The molecule has 1 fully saturated rings. The molecule has 1 aromatic rings. The van der Waals surface area contributed by atoms with Gasteiger partial charge in [-0.25, -0.2) is 0 Å². The van der Waals surface area contributed by atoms with Crippen molar-refractivity contribution in [1.29, 1.82) is 0 Å². The number of rotatable bonds is 1. The third-order valence-corrected chi connectivity index (χ3v) is 3.41. The number of hydrogen-bond donors (Lipinski definition) is 1. The van der Waals surface area contributed by atoms with E-state index in [0.717, 1.165) is 5.69 Å². The molecule has 1 aliphatic heterocycles. The Morgan fingerprint density at radius 2 is 2.06 bits per heavy atom. The predicted octanol–water partition coefficient (Wildman–Crippen LogP) is 3.20. The summed E-state index contributed by atoms with van der Waals surface area (Å²) in [4.78, 5) is 2.59. The summed E-state index contributed by atoms with van der Waals surface area (Å²) >= 11 is 0. The second kappa shape index (κ2) is 4.10. The van der Waals surface area contributed by atoms with E-state index in [0.29, 0.717) is 6.04 Å². The fourth-order valence-corrected chi connectivity index (χ4v) is 2.68. The Balaban J connectivity index is 2.27. The fourth-order valence-electron chi connectivity index (χ4n) is 2.68. The van der Waals surface area contributed by atoms with Crippen molar-refractivity contribution in [3.63, 3.8) is 0 Å². The highest BCUT2D eigenvalue weighted by molar-refractivity contribution is 5.42. The highest BCUT2D eigenvalue weighted by atomic mass is 15.2. The highest BCUT2D eigenvalue weighted by Gasteiger charge is 2.33. The van der Waals surface area contributed by atoms with E-state index in [2.05, 4.69) is 43.9 Å². The zero-order chi connectivity index (χ0) is 11.8. The lowest BCUT2D eigenvalue weighted by atomic mass is 9.99. The van der Waals surface area contributed by atoms with Crippen LogP contribution in [-0.2, 0) is 0 Å². The number of nitrogens with two attached hydrogens (primary N) is 1. The molecule has 2 rings (SSSR count). The Bertz CT molecular complexity index is 365. The first-order valence-corrected chi connectivity index (χ1v) is 6.10. The molecule has 88 valence electrons. The van der Waals surface area contributed by atoms with Gasteiger partial charge in [0, 0.05) is 17.3 Å². The number of nitrogens with zero attached hydrogens (tertiary/aromatic N) is 1. The van der Waals surface area contributed by atoms with Gasteiger partial charge in [-0.3, -0.25) is 4.90 Å². The number of likely N-dealkylation sites (tertiary alicyclic amines) is 1. The molecule has 0 saturated carbocycles. The molecular formula is C14H22N2. The van der Waals surface area contributed by atoms with E-state index in [1.54, 1.807) is 0 Å². The quantitative estimate of drug-likeness (QED) is 0.733. The number of anilines is 1. The molecule has 0 bridgehead atoms. The van der Waals surface area contributed by atoms with Crippen molar-refractivity contribution < 1.29 is 0 Å². The minimum absolute atomic E-state index is 0.242. The zero-order valence-corrected chi connectivity index (χ0v) is 10.5. The van der Waals surface area contributed by atoms with Gasteiger partial charge in [-0.2, -0.15) is 0 Å². The largest absolute Gasteiger partial charge is 0.399 e. The molecule has 0 aliphatic carbocycles. The van der Waals surface area contributed by atoms with Crippen molar-refractivity contribution in [3.05, 3.63) is 29.8 Å². The molecule has 2 nitrogen and oxygen atoms in total. The summed E-state index contributed by atoms with van der Waals surface area (Å²) in [6.07, 6.45) is 2.54. The molecule has 1 saturated heterocycles. The van der Waals surface area contributed by atoms with Gasteiger partial charge in [0.15, 0.2) is 0 Å². The van der Waals surface area contributed by atoms with Crippen LogP contribution in [0.3, 0.4) is 0 Å². The number of benzene rings is 1. The summed E-state index contributed by atoms with van der Waals surface area (Å²) in [7, 11) is 0. The van der Waals surface area contributed by atoms with Crippen LogP contribution < -0.4 is 5.73 Å². The molecule has 2 heteroatoms. The molecule has 0 aromatic heterocycles. The van der Waals surface area contributed by atoms with Crippen molar-refractivity contribution in [2.24, 2.45) is 0 Å². The van der Waals surface area contributed by atoms with Crippen molar-refractivity contribution >= 4 is 5.69 Å². The normalized spacial score (nSPS) is 22.6. The number of hydrogen-bond acceptors (Lipinski definition) is 2. The molecule has 2 N–H and O–H groups in total. The van der Waals surface area contributed by atoms with Crippen molar-refractivity contribution in [3.8, 4) is 0 Å². The van der Waals surface area contributed by atoms with Crippen LogP contribution >= 0.6 is 0 Å². The van der Waals surface area contributed by atoms with E-state index in [4.69, 9.17) is 5.73 Å². The zero-order valence-electron chi connectivity index (χ0n) is 10.5. The SMILES string of the molecule is CC(C)(C)N1CCCC1c1cccc(N)c1. The Morgan fingerprint density at radius 1 is 1.31 bits per heavy atom. The average Bonchev–Trinajstić information content (AvgIpc) is 2.65. The van der Waals surface area contributed by atoms with Gasteiger partial charge in [0.05, 0.1) is 0 Å². The van der Waals surface area contributed by atoms with Crippen LogP contribution in [0, 0.1) is 0 Å². The van der Waals surface area contributed by atoms with Gasteiger partial charge in [-0.05, 0) is 57.9 Å². The third kappa shape index (κ3) is 2.22. The first kappa shape index (κ1) is 11.5. The second-order valence-corrected chi connectivity index (χ2v) is 5.69. The van der Waals surface area contributed by atoms with Crippen LogP contribution in [-0.4, -0.2) is 17.0 Å². The summed E-state index contributed by atoms with van der Waals surface area (Å²) in [5.41, 5.74) is 8.35. The maximum absolute atomic E-state index is 5.86. The molecule has 1 atom stereocenters. The molecule has 1 heterocycles. The lowest BCUT2D eigenvalue weighted by Gasteiger charge is -2.37. The van der Waals surface area contributed by atoms with Crippen LogP contribution in [0.2, 0.25) is 0 Å². The average molecular weight is 218 g/mol. The van der Waals surface area contributed by atoms with E-state index in [1.807, 2.05) is 6.07 Å². The predicted molar refractivity (Wildman–Crippen MR) is 69.3 cm³/mol.